The van der Waals surface area contributed by atoms with Crippen LogP contribution in [0.25, 0.3) is 0 Å². The maximum absolute atomic E-state index is 12.3. The van der Waals surface area contributed by atoms with Crippen LogP contribution in [0.5, 0.6) is 0 Å². The molecule has 0 aliphatic carbocycles. The lowest BCUT2D eigenvalue weighted by Crippen LogP contribution is -2.57. The van der Waals surface area contributed by atoms with Crippen molar-refractivity contribution in [1.29, 1.82) is 0 Å². The molecule has 3 fully saturated rings. The fourth-order valence-electron chi connectivity index (χ4n) is 6.27. The van der Waals surface area contributed by atoms with Crippen molar-refractivity contribution < 1.29 is 63.9 Å². The Morgan fingerprint density at radius 2 is 1.60 bits per heavy atom. The van der Waals surface area contributed by atoms with Crippen LogP contribution in [-0.4, -0.2) is 116 Å². The summed E-state index contributed by atoms with van der Waals surface area (Å²) in [6.07, 6.45) is 7.11. The number of epoxide rings is 1. The third kappa shape index (κ3) is 10.9. The fourth-order valence-corrected chi connectivity index (χ4v) is 6.27. The molecule has 2 bridgehead atoms. The second kappa shape index (κ2) is 17.3. The predicted octanol–water partition coefficient (Wildman–Crippen LogP) is 1.82. The second-order valence-corrected chi connectivity index (χ2v) is 13.2. The number of fused-ring (bicyclic) bond motifs is 3. The van der Waals surface area contributed by atoms with Gasteiger partial charge >= 0.3 is 11.9 Å². The molecule has 48 heavy (non-hydrogen) atoms. The van der Waals surface area contributed by atoms with Crippen LogP contribution < -0.4 is 0 Å². The van der Waals surface area contributed by atoms with E-state index >= 15 is 0 Å². The topological polar surface area (TPSA) is 205 Å². The zero-order valence-electron chi connectivity index (χ0n) is 27.6. The van der Waals surface area contributed by atoms with Crippen LogP contribution in [0.15, 0.2) is 60.8 Å². The standard InChI is InChI=1S/C35H50O13/c1-20-12-10-8-6-4-5-7-9-11-13-24(46-34-32(40)31(39)21(2)22(3)45-34)17-28-30(33(41)42)25(37)19-35(43,48-28)18-23(36)16-27-26(47-27)14-15-29(38)44-20/h4-9,11,13-15,20-28,30-32,34,36-37,39-40,43H,10,12,16-19H2,1-3H3,(H,41,42)/b5-4+,8-6-,9-7+,13-11+,15-14+/t20-,21-,22?,23+,24+,25+,26-,27?,28+,30-,31?,32?,34+,35-/m1/s1. The summed E-state index contributed by atoms with van der Waals surface area (Å²) in [7, 11) is 0. The second-order valence-electron chi connectivity index (χ2n) is 13.2. The Kier molecular flexibility index (Phi) is 13.7. The Bertz CT molecular complexity index is 1230. The number of esters is 1. The number of hydrogen-bond donors (Lipinski definition) is 6. The molecule has 4 aliphatic rings. The summed E-state index contributed by atoms with van der Waals surface area (Å²) in [5.74, 6) is -5.75. The van der Waals surface area contributed by atoms with Crippen molar-refractivity contribution in [3.63, 3.8) is 0 Å². The minimum Gasteiger partial charge on any atom is -0.481 e. The molecular weight excluding hydrogens is 628 g/mol. The van der Waals surface area contributed by atoms with Gasteiger partial charge in [-0.2, -0.15) is 0 Å². The smallest absolute Gasteiger partial charge is 0.330 e. The highest BCUT2D eigenvalue weighted by atomic mass is 16.7. The molecule has 4 unspecified atom stereocenters. The summed E-state index contributed by atoms with van der Waals surface area (Å²) in [6.45, 7) is 5.29. The van der Waals surface area contributed by atoms with Gasteiger partial charge in [0.1, 0.15) is 18.1 Å². The first-order valence-corrected chi connectivity index (χ1v) is 16.6. The summed E-state index contributed by atoms with van der Waals surface area (Å²) in [6, 6.07) is 0. The Morgan fingerprint density at radius 3 is 2.33 bits per heavy atom. The molecule has 0 amide bonds. The summed E-state index contributed by atoms with van der Waals surface area (Å²) in [5.41, 5.74) is 0. The molecule has 4 heterocycles. The Labute approximate surface area is 280 Å². The number of ether oxygens (including phenoxy) is 5. The van der Waals surface area contributed by atoms with Crippen LogP contribution in [0.4, 0.5) is 0 Å². The van der Waals surface area contributed by atoms with Gasteiger partial charge in [0.15, 0.2) is 12.1 Å². The largest absolute Gasteiger partial charge is 0.481 e. The Morgan fingerprint density at radius 1 is 0.896 bits per heavy atom. The summed E-state index contributed by atoms with van der Waals surface area (Å²) in [5, 5.41) is 64.5. The van der Waals surface area contributed by atoms with Gasteiger partial charge in [-0.3, -0.25) is 4.79 Å². The van der Waals surface area contributed by atoms with Gasteiger partial charge in [0.05, 0.1) is 48.8 Å². The third-order valence-electron chi connectivity index (χ3n) is 9.21. The highest BCUT2D eigenvalue weighted by Crippen LogP contribution is 2.39. The van der Waals surface area contributed by atoms with Gasteiger partial charge in [-0.05, 0) is 32.8 Å². The molecule has 14 atom stereocenters. The molecule has 3 saturated heterocycles. The van der Waals surface area contributed by atoms with E-state index in [2.05, 4.69) is 0 Å². The average Bonchev–Trinajstić information content (AvgIpc) is 3.74. The first-order chi connectivity index (χ1) is 22.8. The van der Waals surface area contributed by atoms with Crippen LogP contribution in [0.2, 0.25) is 0 Å². The molecule has 13 nitrogen and oxygen atoms in total. The van der Waals surface area contributed by atoms with Gasteiger partial charge in [-0.15, -0.1) is 0 Å². The van der Waals surface area contributed by atoms with Crippen LogP contribution in [0.1, 0.15) is 59.3 Å². The van der Waals surface area contributed by atoms with Crippen LogP contribution in [0, 0.1) is 11.8 Å². The molecule has 6 N–H and O–H groups in total. The highest BCUT2D eigenvalue weighted by molar-refractivity contribution is 5.82. The minimum absolute atomic E-state index is 0.0896. The maximum Gasteiger partial charge on any atom is 0.330 e. The first kappa shape index (κ1) is 38.1. The molecule has 0 aromatic carbocycles. The number of hydrogen-bond acceptors (Lipinski definition) is 12. The number of aliphatic hydroxyl groups is 5. The monoisotopic (exact) mass is 678 g/mol. The average molecular weight is 679 g/mol. The van der Waals surface area contributed by atoms with Crippen molar-refractivity contribution in [3.05, 3.63) is 60.8 Å². The fraction of sp³-hybridized carbons (Fsp3) is 0.657. The maximum atomic E-state index is 12.3. The number of aliphatic hydroxyl groups excluding tert-OH is 4. The quantitative estimate of drug-likeness (QED) is 0.186. The van der Waals surface area contributed by atoms with Crippen molar-refractivity contribution >= 4 is 11.9 Å². The Hall–Kier alpha value is -2.72. The van der Waals surface area contributed by atoms with E-state index in [4.69, 9.17) is 23.7 Å². The van der Waals surface area contributed by atoms with E-state index in [1.54, 1.807) is 50.3 Å². The Balaban J connectivity index is 1.57. The molecular formula is C35H50O13. The molecule has 4 rings (SSSR count). The third-order valence-corrected chi connectivity index (χ3v) is 9.21. The van der Waals surface area contributed by atoms with Gasteiger partial charge in [0.2, 0.25) is 0 Å². The molecule has 4 aliphatic heterocycles. The zero-order chi connectivity index (χ0) is 35.0. The van der Waals surface area contributed by atoms with Crippen molar-refractivity contribution in [2.24, 2.45) is 11.8 Å². The number of carboxylic acids is 1. The normalized spacial score (nSPS) is 46.8. The van der Waals surface area contributed by atoms with E-state index in [0.717, 1.165) is 0 Å². The van der Waals surface area contributed by atoms with Crippen LogP contribution in [-0.2, 0) is 33.3 Å². The first-order valence-electron chi connectivity index (χ1n) is 16.6. The SMILES string of the molecule is CC1O[C@@H](O[C@H]2/C=C/C=C/C=C/C=C\CC[C@@H](C)OC(=O)/C=C/[C@H]3OC3C[C@H](O)C[C@]3(O)C[C@H](O)[C@@H](C(=O)O)[C@H](C2)O3)C(O)C(O)[C@@H]1C. The number of aliphatic carboxylic acids is 1. The zero-order valence-corrected chi connectivity index (χ0v) is 27.6. The van der Waals surface area contributed by atoms with E-state index in [1.807, 2.05) is 25.2 Å². The van der Waals surface area contributed by atoms with E-state index in [1.165, 1.54) is 6.08 Å². The number of allylic oxidation sites excluding steroid dienone is 7. The van der Waals surface area contributed by atoms with E-state index in [0.29, 0.717) is 12.8 Å². The lowest BCUT2D eigenvalue weighted by Gasteiger charge is -2.45. The minimum atomic E-state index is -2.09. The molecule has 0 aromatic heterocycles. The lowest BCUT2D eigenvalue weighted by atomic mass is 9.83. The molecule has 0 spiro atoms. The number of carbonyl (C=O) groups excluding carboxylic acids is 1. The van der Waals surface area contributed by atoms with E-state index in [9.17, 15) is 40.2 Å². The number of carbonyl (C=O) groups is 2. The molecule has 0 aromatic rings. The van der Waals surface area contributed by atoms with Gasteiger partial charge in [0.25, 0.3) is 0 Å². The van der Waals surface area contributed by atoms with Crippen LogP contribution in [0.3, 0.4) is 0 Å². The number of rotatable bonds is 3. The molecule has 268 valence electrons. The van der Waals surface area contributed by atoms with E-state index in [-0.39, 0.29) is 31.3 Å². The van der Waals surface area contributed by atoms with Gasteiger partial charge in [0, 0.05) is 37.7 Å². The highest BCUT2D eigenvalue weighted by Gasteiger charge is 2.51. The molecule has 13 heteroatoms. The van der Waals surface area contributed by atoms with Gasteiger partial charge < -0.3 is 54.3 Å². The summed E-state index contributed by atoms with van der Waals surface area (Å²) >= 11 is 0. The summed E-state index contributed by atoms with van der Waals surface area (Å²) in [4.78, 5) is 24.5. The molecule has 0 radical (unpaired) electrons. The van der Waals surface area contributed by atoms with Crippen LogP contribution >= 0.6 is 0 Å². The lowest BCUT2D eigenvalue weighted by molar-refractivity contribution is -0.311. The number of carboxylic acid groups (broad SMARTS) is 1. The van der Waals surface area contributed by atoms with E-state index < -0.39 is 91.3 Å². The number of cyclic esters (lactones) is 1. The van der Waals surface area contributed by atoms with Gasteiger partial charge in [-0.1, -0.05) is 55.5 Å². The molecule has 0 saturated carbocycles. The van der Waals surface area contributed by atoms with Crippen molar-refractivity contribution in [2.75, 3.05) is 0 Å². The van der Waals surface area contributed by atoms with Crippen molar-refractivity contribution in [1.82, 2.24) is 0 Å². The van der Waals surface area contributed by atoms with Crippen molar-refractivity contribution in [3.8, 4) is 0 Å². The van der Waals surface area contributed by atoms with Gasteiger partial charge in [-0.25, -0.2) is 4.79 Å². The summed E-state index contributed by atoms with van der Waals surface area (Å²) < 4.78 is 28.8. The predicted molar refractivity (Wildman–Crippen MR) is 171 cm³/mol. The van der Waals surface area contributed by atoms with Crippen molar-refractivity contribution in [2.45, 2.75) is 132 Å².